The fraction of sp³-hybridized carbons (Fsp3) is 0.316. The predicted molar refractivity (Wildman–Crippen MR) is 196 cm³/mol. The number of amides is 2. The maximum absolute atomic E-state index is 14.7. The molecular weight excluding hydrogens is 678 g/mol. The summed E-state index contributed by atoms with van der Waals surface area (Å²) in [6.07, 6.45) is 0.863. The average Bonchev–Trinajstić information content (AvgIpc) is 3.13. The van der Waals surface area contributed by atoms with Gasteiger partial charge in [0.2, 0.25) is 11.8 Å². The van der Waals surface area contributed by atoms with Crippen molar-refractivity contribution in [3.05, 3.63) is 113 Å². The predicted octanol–water partition coefficient (Wildman–Crippen LogP) is 6.51. The van der Waals surface area contributed by atoms with Gasteiger partial charge in [-0.1, -0.05) is 67.1 Å². The quantitative estimate of drug-likeness (QED) is 0.132. The van der Waals surface area contributed by atoms with E-state index in [1.54, 1.807) is 48.5 Å². The Morgan fingerprint density at radius 3 is 2.14 bits per heavy atom. The molecule has 0 radical (unpaired) electrons. The van der Waals surface area contributed by atoms with Crippen LogP contribution < -0.4 is 23.8 Å². The maximum atomic E-state index is 14.7. The molecule has 0 aromatic heterocycles. The highest BCUT2D eigenvalue weighted by atomic mass is 35.5. The van der Waals surface area contributed by atoms with Crippen LogP contribution in [-0.2, 0) is 32.6 Å². The van der Waals surface area contributed by atoms with Gasteiger partial charge < -0.3 is 24.4 Å². The summed E-state index contributed by atoms with van der Waals surface area (Å²) < 4.78 is 46.3. The first kappa shape index (κ1) is 38.1. The molecule has 2 amide bonds. The van der Waals surface area contributed by atoms with E-state index in [4.69, 9.17) is 25.8 Å². The monoisotopic (exact) mass is 721 g/mol. The normalized spacial score (nSPS) is 12.4. The average molecular weight is 722 g/mol. The topological polar surface area (TPSA) is 114 Å². The molecule has 1 N–H and O–H groups in total. The lowest BCUT2D eigenvalue weighted by atomic mass is 10.0. The minimum Gasteiger partial charge on any atom is -0.494 e. The molecule has 4 aromatic carbocycles. The highest BCUT2D eigenvalue weighted by Crippen LogP contribution is 2.33. The van der Waals surface area contributed by atoms with Crippen LogP contribution in [0.1, 0.15) is 38.3 Å². The summed E-state index contributed by atoms with van der Waals surface area (Å²) in [7, 11) is -1.53. The van der Waals surface area contributed by atoms with Crippen molar-refractivity contribution in [1.29, 1.82) is 0 Å². The number of ether oxygens (including phenoxy) is 3. The lowest BCUT2D eigenvalue weighted by Crippen LogP contribution is -2.54. The number of anilines is 1. The zero-order valence-corrected chi connectivity index (χ0v) is 30.5. The van der Waals surface area contributed by atoms with E-state index < -0.39 is 28.5 Å². The maximum Gasteiger partial charge on any atom is 0.264 e. The highest BCUT2D eigenvalue weighted by molar-refractivity contribution is 7.92. The van der Waals surface area contributed by atoms with Gasteiger partial charge in [-0.3, -0.25) is 13.9 Å². The van der Waals surface area contributed by atoms with Crippen LogP contribution in [0.5, 0.6) is 17.2 Å². The van der Waals surface area contributed by atoms with Crippen molar-refractivity contribution in [2.45, 2.75) is 57.1 Å². The summed E-state index contributed by atoms with van der Waals surface area (Å²) in [6.45, 7) is 5.44. The molecule has 10 nitrogen and oxygen atoms in total. The van der Waals surface area contributed by atoms with E-state index in [2.05, 4.69) is 5.32 Å². The molecule has 4 aromatic rings. The number of halogens is 1. The second-order valence-electron chi connectivity index (χ2n) is 11.6. The summed E-state index contributed by atoms with van der Waals surface area (Å²) in [5, 5.41) is 3.44. The largest absolute Gasteiger partial charge is 0.494 e. The Labute approximate surface area is 300 Å². The molecule has 0 aliphatic heterocycles. The molecule has 0 bridgehead atoms. The summed E-state index contributed by atoms with van der Waals surface area (Å²) in [6, 6.07) is 25.9. The van der Waals surface area contributed by atoms with Crippen LogP contribution in [0.2, 0.25) is 5.02 Å². The summed E-state index contributed by atoms with van der Waals surface area (Å²) in [5.74, 6) is 0.117. The Hall–Kier alpha value is -4.74. The van der Waals surface area contributed by atoms with Crippen molar-refractivity contribution < 1.29 is 32.2 Å². The third-order valence-electron chi connectivity index (χ3n) is 8.23. The number of sulfonamides is 1. The Bertz CT molecular complexity index is 1840. The second-order valence-corrected chi connectivity index (χ2v) is 13.9. The molecule has 0 saturated heterocycles. The second kappa shape index (κ2) is 17.8. The standard InChI is InChI=1S/C38H44ClN3O7S/c1-6-27(3)40-38(44)34(23-28-13-9-8-10-14-28)41(25-29-15-11-12-16-33(29)39)37(43)26-42(30-17-19-31(20-18-30)49-7-2)50(45,46)32-21-22-35(47-4)36(24-32)48-5/h8-22,24,27,34H,6-7,23,25-26H2,1-5H3,(H,40,44)/t27-,34-/m1/s1. The van der Waals surface area contributed by atoms with E-state index in [-0.39, 0.29) is 41.2 Å². The Morgan fingerprint density at radius 2 is 1.52 bits per heavy atom. The Kier molecular flexibility index (Phi) is 13.5. The molecule has 2 atom stereocenters. The smallest absolute Gasteiger partial charge is 0.264 e. The van der Waals surface area contributed by atoms with Gasteiger partial charge in [0.15, 0.2) is 11.5 Å². The molecule has 4 rings (SSSR count). The summed E-state index contributed by atoms with van der Waals surface area (Å²) in [5.41, 5.74) is 1.65. The molecule has 12 heteroatoms. The van der Waals surface area contributed by atoms with E-state index in [1.165, 1.54) is 37.3 Å². The van der Waals surface area contributed by atoms with E-state index in [0.29, 0.717) is 35.1 Å². The molecule has 0 heterocycles. The number of hydrogen-bond acceptors (Lipinski definition) is 7. The zero-order chi connectivity index (χ0) is 36.3. The third kappa shape index (κ3) is 9.48. The Balaban J connectivity index is 1.85. The van der Waals surface area contributed by atoms with Crippen molar-refractivity contribution in [1.82, 2.24) is 10.2 Å². The molecule has 0 fully saturated rings. The Morgan fingerprint density at radius 1 is 0.860 bits per heavy atom. The van der Waals surface area contributed by atoms with Crippen molar-refractivity contribution in [2.75, 3.05) is 31.7 Å². The minimum atomic E-state index is -4.39. The SMILES string of the molecule is CCOc1ccc(N(CC(=O)N(Cc2ccccc2Cl)[C@H](Cc2ccccc2)C(=O)N[C@H](C)CC)S(=O)(=O)c2ccc(OC)c(OC)c2)cc1. The molecule has 266 valence electrons. The first-order valence-corrected chi connectivity index (χ1v) is 18.2. The van der Waals surface area contributed by atoms with Gasteiger partial charge in [0.1, 0.15) is 18.3 Å². The zero-order valence-electron chi connectivity index (χ0n) is 29.0. The van der Waals surface area contributed by atoms with Crippen LogP contribution in [0, 0.1) is 0 Å². The van der Waals surface area contributed by atoms with Gasteiger partial charge in [0.05, 0.1) is 31.4 Å². The van der Waals surface area contributed by atoms with Gasteiger partial charge >= 0.3 is 0 Å². The van der Waals surface area contributed by atoms with Gasteiger partial charge in [-0.2, -0.15) is 0 Å². The van der Waals surface area contributed by atoms with Gasteiger partial charge in [-0.25, -0.2) is 8.42 Å². The first-order valence-electron chi connectivity index (χ1n) is 16.4. The van der Waals surface area contributed by atoms with Crippen molar-refractivity contribution in [2.24, 2.45) is 0 Å². The summed E-state index contributed by atoms with van der Waals surface area (Å²) in [4.78, 5) is 30.1. The number of rotatable bonds is 17. The van der Waals surface area contributed by atoms with Gasteiger partial charge in [-0.15, -0.1) is 0 Å². The first-order chi connectivity index (χ1) is 24.0. The van der Waals surface area contributed by atoms with Crippen LogP contribution in [0.4, 0.5) is 5.69 Å². The number of nitrogens with zero attached hydrogens (tertiary/aromatic N) is 2. The number of hydrogen-bond donors (Lipinski definition) is 1. The van der Waals surface area contributed by atoms with Crippen molar-refractivity contribution >= 4 is 39.1 Å². The van der Waals surface area contributed by atoms with E-state index in [1.807, 2.05) is 51.1 Å². The van der Waals surface area contributed by atoms with Crippen LogP contribution >= 0.6 is 11.6 Å². The molecule has 50 heavy (non-hydrogen) atoms. The van der Waals surface area contributed by atoms with Crippen LogP contribution in [0.3, 0.4) is 0 Å². The minimum absolute atomic E-state index is 0.0442. The number of nitrogens with one attached hydrogen (secondary N) is 1. The van der Waals surface area contributed by atoms with Crippen LogP contribution in [-0.4, -0.2) is 64.6 Å². The lowest BCUT2D eigenvalue weighted by Gasteiger charge is -2.34. The molecule has 0 saturated carbocycles. The summed E-state index contributed by atoms with van der Waals surface area (Å²) >= 11 is 6.59. The van der Waals surface area contributed by atoms with Gasteiger partial charge in [-0.05, 0) is 73.9 Å². The van der Waals surface area contributed by atoms with Crippen LogP contribution in [0.25, 0.3) is 0 Å². The molecule has 0 unspecified atom stereocenters. The highest BCUT2D eigenvalue weighted by Gasteiger charge is 2.35. The van der Waals surface area contributed by atoms with Crippen molar-refractivity contribution in [3.8, 4) is 17.2 Å². The van der Waals surface area contributed by atoms with E-state index in [0.717, 1.165) is 9.87 Å². The molecule has 0 spiro atoms. The van der Waals surface area contributed by atoms with Gasteiger partial charge in [0, 0.05) is 30.1 Å². The number of methoxy groups -OCH3 is 2. The van der Waals surface area contributed by atoms with E-state index in [9.17, 15) is 18.0 Å². The van der Waals surface area contributed by atoms with Crippen molar-refractivity contribution in [3.63, 3.8) is 0 Å². The van der Waals surface area contributed by atoms with Crippen LogP contribution in [0.15, 0.2) is 102 Å². The third-order valence-corrected chi connectivity index (χ3v) is 10.4. The fourth-order valence-corrected chi connectivity index (χ4v) is 6.94. The number of carbonyl (C=O) groups is 2. The van der Waals surface area contributed by atoms with E-state index >= 15 is 0 Å². The molecule has 0 aliphatic carbocycles. The molecular formula is C38H44ClN3O7S. The number of benzene rings is 4. The number of carbonyl (C=O) groups excluding carboxylic acids is 2. The molecule has 0 aliphatic rings. The fourth-order valence-electron chi connectivity index (χ4n) is 5.31. The lowest BCUT2D eigenvalue weighted by molar-refractivity contribution is -0.140. The van der Waals surface area contributed by atoms with Gasteiger partial charge in [0.25, 0.3) is 10.0 Å².